The highest BCUT2D eigenvalue weighted by Crippen LogP contribution is 2.31. The summed E-state index contributed by atoms with van der Waals surface area (Å²) in [4.78, 5) is 26.8. The van der Waals surface area contributed by atoms with Crippen molar-refractivity contribution in [3.63, 3.8) is 0 Å². The number of nitrogens with zero attached hydrogens (tertiary/aromatic N) is 4. The van der Waals surface area contributed by atoms with Gasteiger partial charge in [0.05, 0.1) is 16.8 Å². The minimum absolute atomic E-state index is 0.0388. The normalized spacial score (nSPS) is 13.9. The Morgan fingerprint density at radius 2 is 1.90 bits per heavy atom. The third kappa shape index (κ3) is 3.87. The van der Waals surface area contributed by atoms with Gasteiger partial charge in [-0.2, -0.15) is 0 Å². The van der Waals surface area contributed by atoms with Crippen molar-refractivity contribution >= 4 is 44.1 Å². The maximum atomic E-state index is 11.7. The Kier molecular flexibility index (Phi) is 4.86. The second-order valence-electron chi connectivity index (χ2n) is 6.69. The SMILES string of the molecule is O=C1CN(c2nccnc2Oc2ccc(Nc3nc4ccccc4s3)cc2)CCN1. The molecule has 0 bridgehead atoms. The number of carbonyl (C=O) groups excluding carboxylic acids is 1. The lowest BCUT2D eigenvalue weighted by Gasteiger charge is -2.28. The summed E-state index contributed by atoms with van der Waals surface area (Å²) in [5.41, 5.74) is 1.89. The van der Waals surface area contributed by atoms with Gasteiger partial charge in [-0.25, -0.2) is 15.0 Å². The van der Waals surface area contributed by atoms with E-state index in [1.807, 2.05) is 47.4 Å². The highest BCUT2D eigenvalue weighted by Gasteiger charge is 2.21. The van der Waals surface area contributed by atoms with Crippen LogP contribution in [0.2, 0.25) is 0 Å². The molecule has 1 aliphatic heterocycles. The van der Waals surface area contributed by atoms with Gasteiger partial charge in [0, 0.05) is 31.2 Å². The second kappa shape index (κ2) is 7.96. The lowest BCUT2D eigenvalue weighted by Crippen LogP contribution is -2.48. The van der Waals surface area contributed by atoms with E-state index in [0.29, 0.717) is 30.5 Å². The average Bonchev–Trinajstić information content (AvgIpc) is 3.18. The number of para-hydroxylation sites is 1. The zero-order chi connectivity index (χ0) is 20.3. The molecule has 2 aromatic heterocycles. The van der Waals surface area contributed by atoms with Crippen LogP contribution >= 0.6 is 11.3 Å². The predicted molar refractivity (Wildman–Crippen MR) is 117 cm³/mol. The average molecular weight is 418 g/mol. The van der Waals surface area contributed by atoms with Crippen LogP contribution in [0.3, 0.4) is 0 Å². The molecule has 0 spiro atoms. The number of benzene rings is 2. The number of hydrogen-bond acceptors (Lipinski definition) is 8. The van der Waals surface area contributed by atoms with E-state index in [2.05, 4.69) is 31.7 Å². The quantitative estimate of drug-likeness (QED) is 0.512. The van der Waals surface area contributed by atoms with Gasteiger partial charge in [-0.3, -0.25) is 4.79 Å². The number of piperazine rings is 1. The Morgan fingerprint density at radius 1 is 1.07 bits per heavy atom. The maximum absolute atomic E-state index is 11.7. The first-order valence-corrected chi connectivity index (χ1v) is 10.3. The fourth-order valence-corrected chi connectivity index (χ4v) is 4.08. The van der Waals surface area contributed by atoms with Crippen LogP contribution in [0.1, 0.15) is 0 Å². The molecule has 2 aromatic carbocycles. The lowest BCUT2D eigenvalue weighted by molar-refractivity contribution is -0.120. The fourth-order valence-electron chi connectivity index (χ4n) is 3.19. The Balaban J connectivity index is 1.31. The second-order valence-corrected chi connectivity index (χ2v) is 7.73. The molecule has 9 heteroatoms. The summed E-state index contributed by atoms with van der Waals surface area (Å²) in [6, 6.07) is 15.6. The van der Waals surface area contributed by atoms with Gasteiger partial charge >= 0.3 is 0 Å². The van der Waals surface area contributed by atoms with E-state index in [0.717, 1.165) is 21.0 Å². The molecule has 1 fully saturated rings. The topological polar surface area (TPSA) is 92.3 Å². The monoisotopic (exact) mass is 418 g/mol. The molecule has 3 heterocycles. The van der Waals surface area contributed by atoms with Gasteiger partial charge in [0.25, 0.3) is 5.88 Å². The first-order chi connectivity index (χ1) is 14.7. The van der Waals surface area contributed by atoms with E-state index in [-0.39, 0.29) is 12.5 Å². The molecular formula is C21H18N6O2S. The van der Waals surface area contributed by atoms with Crippen molar-refractivity contribution in [1.29, 1.82) is 0 Å². The Labute approximate surface area is 176 Å². The summed E-state index contributed by atoms with van der Waals surface area (Å²) >= 11 is 1.61. The molecule has 0 saturated carbocycles. The van der Waals surface area contributed by atoms with Crippen LogP contribution in [0, 0.1) is 0 Å². The van der Waals surface area contributed by atoms with Crippen LogP contribution < -0.4 is 20.3 Å². The van der Waals surface area contributed by atoms with E-state index >= 15 is 0 Å². The third-order valence-corrected chi connectivity index (χ3v) is 5.55. The van der Waals surface area contributed by atoms with Crippen LogP contribution in [0.5, 0.6) is 11.6 Å². The molecule has 1 amide bonds. The zero-order valence-corrected chi connectivity index (χ0v) is 16.7. The van der Waals surface area contributed by atoms with Crippen molar-refractivity contribution in [3.8, 4) is 11.6 Å². The number of amides is 1. The highest BCUT2D eigenvalue weighted by atomic mass is 32.1. The van der Waals surface area contributed by atoms with Crippen LogP contribution in [-0.2, 0) is 4.79 Å². The highest BCUT2D eigenvalue weighted by molar-refractivity contribution is 7.22. The van der Waals surface area contributed by atoms with Crippen molar-refractivity contribution in [2.45, 2.75) is 0 Å². The summed E-state index contributed by atoms with van der Waals surface area (Å²) in [5.74, 6) is 1.53. The van der Waals surface area contributed by atoms with Gasteiger partial charge in [0.15, 0.2) is 10.9 Å². The number of hydrogen-bond donors (Lipinski definition) is 2. The Bertz CT molecular complexity index is 1160. The summed E-state index contributed by atoms with van der Waals surface area (Å²) in [5, 5.41) is 6.97. The van der Waals surface area contributed by atoms with E-state index < -0.39 is 0 Å². The zero-order valence-electron chi connectivity index (χ0n) is 15.9. The first-order valence-electron chi connectivity index (χ1n) is 9.48. The number of anilines is 3. The van der Waals surface area contributed by atoms with Crippen LogP contribution in [0.4, 0.5) is 16.6 Å². The smallest absolute Gasteiger partial charge is 0.263 e. The molecule has 0 radical (unpaired) electrons. The third-order valence-electron chi connectivity index (χ3n) is 4.60. The molecular weight excluding hydrogens is 400 g/mol. The van der Waals surface area contributed by atoms with Crippen molar-refractivity contribution in [1.82, 2.24) is 20.3 Å². The molecule has 0 unspecified atom stereocenters. The number of thiazole rings is 1. The molecule has 30 heavy (non-hydrogen) atoms. The molecule has 1 saturated heterocycles. The molecule has 0 atom stereocenters. The van der Waals surface area contributed by atoms with Crippen LogP contribution in [0.25, 0.3) is 10.2 Å². The molecule has 8 nitrogen and oxygen atoms in total. The van der Waals surface area contributed by atoms with Gasteiger partial charge in [-0.05, 0) is 36.4 Å². The molecule has 5 rings (SSSR count). The Hall–Kier alpha value is -3.72. The summed E-state index contributed by atoms with van der Waals surface area (Å²) < 4.78 is 7.10. The van der Waals surface area contributed by atoms with Gasteiger partial charge in [-0.15, -0.1) is 0 Å². The van der Waals surface area contributed by atoms with E-state index in [9.17, 15) is 4.79 Å². The standard InChI is InChI=1S/C21H18N6O2S/c28-18-13-27(12-11-22-18)19-20(24-10-9-23-19)29-15-7-5-14(6-8-15)25-21-26-16-3-1-2-4-17(16)30-21/h1-10H,11-13H2,(H,22,28)(H,25,26). The van der Waals surface area contributed by atoms with E-state index in [4.69, 9.17) is 4.74 Å². The van der Waals surface area contributed by atoms with Gasteiger partial charge in [0.2, 0.25) is 5.91 Å². The number of ether oxygens (including phenoxy) is 1. The van der Waals surface area contributed by atoms with Gasteiger partial charge in [0.1, 0.15) is 5.75 Å². The minimum Gasteiger partial charge on any atom is -0.436 e. The Morgan fingerprint density at radius 3 is 2.73 bits per heavy atom. The largest absolute Gasteiger partial charge is 0.436 e. The number of aromatic nitrogens is 3. The minimum atomic E-state index is -0.0388. The number of fused-ring (bicyclic) bond motifs is 1. The number of carbonyl (C=O) groups is 1. The molecule has 1 aliphatic rings. The fraction of sp³-hybridized carbons (Fsp3) is 0.143. The predicted octanol–water partition coefficient (Wildman–Crippen LogP) is 3.56. The van der Waals surface area contributed by atoms with Gasteiger partial charge in [-0.1, -0.05) is 23.5 Å². The van der Waals surface area contributed by atoms with Crippen molar-refractivity contribution < 1.29 is 9.53 Å². The van der Waals surface area contributed by atoms with E-state index in [1.54, 1.807) is 23.7 Å². The maximum Gasteiger partial charge on any atom is 0.263 e. The summed E-state index contributed by atoms with van der Waals surface area (Å²) in [7, 11) is 0. The van der Waals surface area contributed by atoms with E-state index in [1.165, 1.54) is 0 Å². The molecule has 150 valence electrons. The van der Waals surface area contributed by atoms with Crippen LogP contribution in [-0.4, -0.2) is 40.5 Å². The summed E-state index contributed by atoms with van der Waals surface area (Å²) in [6.45, 7) is 1.47. The number of rotatable bonds is 5. The lowest BCUT2D eigenvalue weighted by atomic mass is 10.3. The molecule has 0 aliphatic carbocycles. The van der Waals surface area contributed by atoms with Gasteiger partial charge < -0.3 is 20.3 Å². The molecule has 2 N–H and O–H groups in total. The van der Waals surface area contributed by atoms with Crippen molar-refractivity contribution in [2.75, 3.05) is 29.9 Å². The molecule has 4 aromatic rings. The first kappa shape index (κ1) is 18.3. The van der Waals surface area contributed by atoms with Crippen LogP contribution in [0.15, 0.2) is 60.9 Å². The van der Waals surface area contributed by atoms with Crippen molar-refractivity contribution in [3.05, 3.63) is 60.9 Å². The summed E-state index contributed by atoms with van der Waals surface area (Å²) in [6.07, 6.45) is 3.17. The van der Waals surface area contributed by atoms with Crippen molar-refractivity contribution in [2.24, 2.45) is 0 Å². The number of nitrogens with one attached hydrogen (secondary N) is 2.